The van der Waals surface area contributed by atoms with E-state index >= 15 is 0 Å². The summed E-state index contributed by atoms with van der Waals surface area (Å²) in [6, 6.07) is 10.7. The molecule has 1 saturated heterocycles. The minimum Gasteiger partial charge on any atom is -0.493 e. The highest BCUT2D eigenvalue weighted by molar-refractivity contribution is 5.96. The number of carbonyl (C=O) groups is 2. The normalized spacial score (nSPS) is 18.5. The van der Waals surface area contributed by atoms with Gasteiger partial charge >= 0.3 is 0 Å². The summed E-state index contributed by atoms with van der Waals surface area (Å²) in [4.78, 5) is 31.0. The van der Waals surface area contributed by atoms with Crippen molar-refractivity contribution in [3.63, 3.8) is 0 Å². The quantitative estimate of drug-likeness (QED) is 0.472. The third-order valence-corrected chi connectivity index (χ3v) is 7.18. The Bertz CT molecular complexity index is 1110. The van der Waals surface area contributed by atoms with Gasteiger partial charge in [-0.15, -0.1) is 0 Å². The molecule has 4 rings (SSSR count). The van der Waals surface area contributed by atoms with E-state index in [-0.39, 0.29) is 30.5 Å². The predicted octanol–water partition coefficient (Wildman–Crippen LogP) is 4.40. The van der Waals surface area contributed by atoms with E-state index in [1.54, 1.807) is 31.1 Å². The first-order valence-electron chi connectivity index (χ1n) is 13.0. The highest BCUT2D eigenvalue weighted by atomic mass is 16.5. The Hall–Kier alpha value is -3.42. The number of ether oxygens (including phenoxy) is 4. The molecule has 2 aliphatic rings. The lowest BCUT2D eigenvalue weighted by atomic mass is 9.98. The lowest BCUT2D eigenvalue weighted by Crippen LogP contribution is -2.58. The highest BCUT2D eigenvalue weighted by Gasteiger charge is 2.43. The standard InChI is InChI=1S/C29H38N2O6/c1-19(2)37-24-13-11-21(17-26(24)36-5)28-29(33)31(22-8-6-7-9-22)18-27(32)30(28)15-14-20-10-12-23(34-3)25(16-20)35-4/h10-13,16-17,19,22,28H,6-9,14-15,18H2,1-5H3/t28-/m1/s1. The third kappa shape index (κ3) is 5.78. The summed E-state index contributed by atoms with van der Waals surface area (Å²) in [5.41, 5.74) is 1.72. The van der Waals surface area contributed by atoms with Gasteiger partial charge in [0.05, 0.1) is 27.4 Å². The summed E-state index contributed by atoms with van der Waals surface area (Å²) in [5.74, 6) is 2.37. The average molecular weight is 511 g/mol. The van der Waals surface area contributed by atoms with E-state index in [4.69, 9.17) is 18.9 Å². The van der Waals surface area contributed by atoms with Crippen LogP contribution in [0, 0.1) is 0 Å². The third-order valence-electron chi connectivity index (χ3n) is 7.18. The molecule has 1 heterocycles. The molecule has 0 bridgehead atoms. The van der Waals surface area contributed by atoms with Crippen LogP contribution in [0.25, 0.3) is 0 Å². The van der Waals surface area contributed by atoms with E-state index in [0.29, 0.717) is 36.0 Å². The van der Waals surface area contributed by atoms with Crippen molar-refractivity contribution in [2.45, 2.75) is 64.1 Å². The monoisotopic (exact) mass is 510 g/mol. The number of rotatable bonds is 10. The number of carbonyl (C=O) groups excluding carboxylic acids is 2. The SMILES string of the molecule is COc1ccc(CCN2C(=O)CN(C3CCCC3)C(=O)[C@H]2c2ccc(OC(C)C)c(OC)c2)cc1OC. The molecule has 2 aromatic carbocycles. The summed E-state index contributed by atoms with van der Waals surface area (Å²) in [5, 5.41) is 0. The highest BCUT2D eigenvalue weighted by Crippen LogP contribution is 2.37. The van der Waals surface area contributed by atoms with Gasteiger partial charge < -0.3 is 28.7 Å². The second kappa shape index (κ2) is 11.8. The van der Waals surface area contributed by atoms with Crippen LogP contribution in [0.3, 0.4) is 0 Å². The fraction of sp³-hybridized carbons (Fsp3) is 0.517. The van der Waals surface area contributed by atoms with Crippen molar-refractivity contribution < 1.29 is 28.5 Å². The minimum atomic E-state index is -0.719. The average Bonchev–Trinajstić information content (AvgIpc) is 3.43. The molecule has 1 atom stereocenters. The van der Waals surface area contributed by atoms with Gasteiger partial charge in [0.1, 0.15) is 12.6 Å². The van der Waals surface area contributed by atoms with Crippen LogP contribution in [0.1, 0.15) is 56.7 Å². The first-order valence-corrected chi connectivity index (χ1v) is 13.0. The van der Waals surface area contributed by atoms with Crippen molar-refractivity contribution in [2.75, 3.05) is 34.4 Å². The molecule has 0 aromatic heterocycles. The molecule has 0 N–H and O–H groups in total. The van der Waals surface area contributed by atoms with Gasteiger partial charge in [0, 0.05) is 12.6 Å². The Morgan fingerprint density at radius 2 is 1.51 bits per heavy atom. The lowest BCUT2D eigenvalue weighted by Gasteiger charge is -2.43. The smallest absolute Gasteiger partial charge is 0.250 e. The van der Waals surface area contributed by atoms with Crippen molar-refractivity contribution in [1.82, 2.24) is 9.80 Å². The molecular weight excluding hydrogens is 472 g/mol. The summed E-state index contributed by atoms with van der Waals surface area (Å²) in [6.07, 6.45) is 4.62. The number of hydrogen-bond donors (Lipinski definition) is 0. The van der Waals surface area contributed by atoms with Gasteiger partial charge in [-0.25, -0.2) is 0 Å². The molecule has 0 radical (unpaired) electrons. The summed E-state index contributed by atoms with van der Waals surface area (Å²) in [7, 11) is 4.78. The molecule has 2 aromatic rings. The zero-order valence-corrected chi connectivity index (χ0v) is 22.5. The molecule has 0 unspecified atom stereocenters. The van der Waals surface area contributed by atoms with Crippen LogP contribution in [0.4, 0.5) is 0 Å². The molecule has 2 amide bonds. The Kier molecular flexibility index (Phi) is 8.46. The van der Waals surface area contributed by atoms with Gasteiger partial charge in [0.25, 0.3) is 5.91 Å². The number of amides is 2. The van der Waals surface area contributed by atoms with Crippen molar-refractivity contribution in [3.05, 3.63) is 47.5 Å². The maximum absolute atomic E-state index is 13.9. The number of benzene rings is 2. The van der Waals surface area contributed by atoms with Gasteiger partial charge in [-0.2, -0.15) is 0 Å². The van der Waals surface area contributed by atoms with Crippen LogP contribution in [-0.2, 0) is 16.0 Å². The van der Waals surface area contributed by atoms with Crippen LogP contribution < -0.4 is 18.9 Å². The van der Waals surface area contributed by atoms with Crippen LogP contribution in [-0.4, -0.2) is 68.2 Å². The first kappa shape index (κ1) is 26.6. The number of piperazine rings is 1. The lowest BCUT2D eigenvalue weighted by molar-refractivity contribution is -0.158. The molecule has 1 aliphatic heterocycles. The van der Waals surface area contributed by atoms with Gasteiger partial charge in [-0.3, -0.25) is 9.59 Å². The van der Waals surface area contributed by atoms with Crippen LogP contribution in [0.15, 0.2) is 36.4 Å². The molecule has 8 heteroatoms. The zero-order chi connectivity index (χ0) is 26.5. The Labute approximate surface area is 219 Å². The zero-order valence-electron chi connectivity index (χ0n) is 22.5. The van der Waals surface area contributed by atoms with E-state index < -0.39 is 6.04 Å². The Morgan fingerprint density at radius 1 is 0.865 bits per heavy atom. The molecule has 1 saturated carbocycles. The van der Waals surface area contributed by atoms with Crippen LogP contribution in [0.2, 0.25) is 0 Å². The van der Waals surface area contributed by atoms with Crippen molar-refractivity contribution in [1.29, 1.82) is 0 Å². The van der Waals surface area contributed by atoms with E-state index in [2.05, 4.69) is 0 Å². The molecule has 8 nitrogen and oxygen atoms in total. The topological polar surface area (TPSA) is 77.5 Å². The molecular formula is C29H38N2O6. The minimum absolute atomic E-state index is 0.0199. The van der Waals surface area contributed by atoms with Crippen molar-refractivity contribution in [3.8, 4) is 23.0 Å². The summed E-state index contributed by atoms with van der Waals surface area (Å²) in [6.45, 7) is 4.42. The van der Waals surface area contributed by atoms with Gasteiger partial charge in [-0.05, 0) is 68.5 Å². The summed E-state index contributed by atoms with van der Waals surface area (Å²) < 4.78 is 22.3. The number of methoxy groups -OCH3 is 3. The Morgan fingerprint density at radius 3 is 2.16 bits per heavy atom. The Balaban J connectivity index is 1.65. The van der Waals surface area contributed by atoms with Gasteiger partial charge in [0.2, 0.25) is 5.91 Å². The molecule has 200 valence electrons. The van der Waals surface area contributed by atoms with E-state index in [0.717, 1.165) is 36.8 Å². The molecule has 2 fully saturated rings. The largest absolute Gasteiger partial charge is 0.493 e. The molecule has 37 heavy (non-hydrogen) atoms. The van der Waals surface area contributed by atoms with Crippen molar-refractivity contribution >= 4 is 11.8 Å². The van der Waals surface area contributed by atoms with E-state index in [1.165, 1.54) is 0 Å². The van der Waals surface area contributed by atoms with Gasteiger partial charge in [0.15, 0.2) is 23.0 Å². The van der Waals surface area contributed by atoms with E-state index in [1.807, 2.05) is 50.2 Å². The second-order valence-electron chi connectivity index (χ2n) is 9.91. The fourth-order valence-electron chi connectivity index (χ4n) is 5.34. The van der Waals surface area contributed by atoms with Crippen LogP contribution >= 0.6 is 0 Å². The van der Waals surface area contributed by atoms with Crippen LogP contribution in [0.5, 0.6) is 23.0 Å². The molecule has 0 spiro atoms. The first-order chi connectivity index (χ1) is 17.9. The van der Waals surface area contributed by atoms with E-state index in [9.17, 15) is 9.59 Å². The predicted molar refractivity (Wildman–Crippen MR) is 140 cm³/mol. The fourth-order valence-corrected chi connectivity index (χ4v) is 5.34. The van der Waals surface area contributed by atoms with Crippen molar-refractivity contribution in [2.24, 2.45) is 0 Å². The molecule has 1 aliphatic carbocycles. The second-order valence-corrected chi connectivity index (χ2v) is 9.91. The summed E-state index contributed by atoms with van der Waals surface area (Å²) >= 11 is 0. The van der Waals surface area contributed by atoms with Gasteiger partial charge in [-0.1, -0.05) is 25.0 Å². The number of hydrogen-bond acceptors (Lipinski definition) is 6. The number of nitrogens with zero attached hydrogens (tertiary/aromatic N) is 2. The maximum Gasteiger partial charge on any atom is 0.250 e. The maximum atomic E-state index is 13.9.